The number of hydrogen-bond acceptors (Lipinski definition) is 3. The van der Waals surface area contributed by atoms with E-state index in [1.165, 1.54) is 12.1 Å². The zero-order valence-electron chi connectivity index (χ0n) is 11.9. The third-order valence-electron chi connectivity index (χ3n) is 2.41. The maximum Gasteiger partial charge on any atom is 0.258 e. The van der Waals surface area contributed by atoms with Gasteiger partial charge in [0.05, 0.1) is 0 Å². The monoisotopic (exact) mass is 286 g/mol. The highest BCUT2D eigenvalue weighted by Crippen LogP contribution is 2.23. The molecule has 0 spiro atoms. The summed E-state index contributed by atoms with van der Waals surface area (Å²) in [6.07, 6.45) is 0.363. The van der Waals surface area contributed by atoms with Crippen LogP contribution in [0.1, 0.15) is 26.3 Å². The molecule has 20 heavy (non-hydrogen) atoms. The molecule has 0 heterocycles. The third-order valence-corrected chi connectivity index (χ3v) is 2.41. The van der Waals surface area contributed by atoms with Gasteiger partial charge in [-0.25, -0.2) is 8.78 Å². The fourth-order valence-electron chi connectivity index (χ4n) is 1.74. The smallest absolute Gasteiger partial charge is 0.258 e. The van der Waals surface area contributed by atoms with Crippen LogP contribution in [-0.2, 0) is 11.2 Å². The van der Waals surface area contributed by atoms with Crippen molar-refractivity contribution in [3.05, 3.63) is 29.3 Å². The van der Waals surface area contributed by atoms with Crippen LogP contribution in [0.5, 0.6) is 5.75 Å². The van der Waals surface area contributed by atoms with Crippen LogP contribution in [-0.4, -0.2) is 24.6 Å². The third kappa shape index (κ3) is 5.13. The van der Waals surface area contributed by atoms with Gasteiger partial charge in [0.2, 0.25) is 0 Å². The van der Waals surface area contributed by atoms with Crippen molar-refractivity contribution in [1.82, 2.24) is 5.32 Å². The molecular formula is C14H20F2N2O2. The number of carbonyl (C=O) groups is 1. The summed E-state index contributed by atoms with van der Waals surface area (Å²) in [5.74, 6) is -2.65. The number of halogens is 2. The molecule has 6 heteroatoms. The van der Waals surface area contributed by atoms with Crippen LogP contribution in [0.4, 0.5) is 8.78 Å². The Bertz CT molecular complexity index is 453. The van der Waals surface area contributed by atoms with Crippen molar-refractivity contribution in [1.29, 1.82) is 0 Å². The van der Waals surface area contributed by atoms with Crippen molar-refractivity contribution in [2.24, 2.45) is 5.73 Å². The van der Waals surface area contributed by atoms with Gasteiger partial charge in [0.1, 0.15) is 0 Å². The second-order valence-electron chi connectivity index (χ2n) is 5.08. The van der Waals surface area contributed by atoms with E-state index in [4.69, 9.17) is 10.5 Å². The maximum atomic E-state index is 13.7. The minimum atomic E-state index is -0.835. The first-order chi connectivity index (χ1) is 9.29. The van der Waals surface area contributed by atoms with E-state index in [-0.39, 0.29) is 12.1 Å². The molecular weight excluding hydrogens is 266 g/mol. The van der Waals surface area contributed by atoms with Gasteiger partial charge in [-0.05, 0) is 44.9 Å². The first kappa shape index (κ1) is 16.4. The summed E-state index contributed by atoms with van der Waals surface area (Å²) in [4.78, 5) is 11.4. The molecule has 0 aliphatic carbocycles. The van der Waals surface area contributed by atoms with Gasteiger partial charge in [0.15, 0.2) is 24.0 Å². The minimum Gasteiger partial charge on any atom is -0.478 e. The average molecular weight is 286 g/mol. The SMILES string of the molecule is CC(N)Cc1cc(F)c(OCC(=O)NC(C)C)c(F)c1. The zero-order valence-corrected chi connectivity index (χ0v) is 11.9. The molecule has 0 saturated carbocycles. The molecule has 1 amide bonds. The van der Waals surface area contributed by atoms with Crippen LogP contribution in [0.25, 0.3) is 0 Å². The summed E-state index contributed by atoms with van der Waals surface area (Å²) in [5.41, 5.74) is 6.03. The van der Waals surface area contributed by atoms with E-state index in [1.807, 2.05) is 0 Å². The first-order valence-corrected chi connectivity index (χ1v) is 6.45. The lowest BCUT2D eigenvalue weighted by Gasteiger charge is -2.12. The van der Waals surface area contributed by atoms with E-state index in [1.54, 1.807) is 20.8 Å². The Morgan fingerprint density at radius 2 is 1.85 bits per heavy atom. The molecule has 112 valence electrons. The second kappa shape index (κ2) is 7.19. The Morgan fingerprint density at radius 1 is 1.30 bits per heavy atom. The summed E-state index contributed by atoms with van der Waals surface area (Å²) in [5, 5.41) is 2.56. The molecule has 0 aromatic heterocycles. The van der Waals surface area contributed by atoms with Crippen LogP contribution in [0.2, 0.25) is 0 Å². The molecule has 0 bridgehead atoms. The Kier molecular flexibility index (Phi) is 5.88. The number of nitrogens with two attached hydrogens (primary N) is 1. The highest BCUT2D eigenvalue weighted by molar-refractivity contribution is 5.77. The molecule has 0 fully saturated rings. The highest BCUT2D eigenvalue weighted by atomic mass is 19.1. The summed E-state index contributed by atoms with van der Waals surface area (Å²) in [6.45, 7) is 4.87. The van der Waals surface area contributed by atoms with Crippen molar-refractivity contribution in [2.75, 3.05) is 6.61 Å². The van der Waals surface area contributed by atoms with E-state index in [2.05, 4.69) is 5.32 Å². The van der Waals surface area contributed by atoms with Gasteiger partial charge in [0.25, 0.3) is 5.91 Å². The van der Waals surface area contributed by atoms with Crippen LogP contribution in [0.15, 0.2) is 12.1 Å². The van der Waals surface area contributed by atoms with E-state index < -0.39 is 29.9 Å². The van der Waals surface area contributed by atoms with Gasteiger partial charge in [-0.3, -0.25) is 4.79 Å². The van der Waals surface area contributed by atoms with Gasteiger partial charge < -0.3 is 15.8 Å². The van der Waals surface area contributed by atoms with Crippen molar-refractivity contribution >= 4 is 5.91 Å². The Hall–Kier alpha value is -1.69. The number of hydrogen-bond donors (Lipinski definition) is 2. The van der Waals surface area contributed by atoms with E-state index >= 15 is 0 Å². The van der Waals surface area contributed by atoms with Crippen molar-refractivity contribution < 1.29 is 18.3 Å². The Morgan fingerprint density at radius 3 is 2.30 bits per heavy atom. The van der Waals surface area contributed by atoms with Crippen LogP contribution >= 0.6 is 0 Å². The standard InChI is InChI=1S/C14H20F2N2O2/c1-8(2)18-13(19)7-20-14-11(15)5-10(4-9(3)17)6-12(14)16/h5-6,8-9H,4,7,17H2,1-3H3,(H,18,19). The molecule has 4 nitrogen and oxygen atoms in total. The molecule has 0 radical (unpaired) electrons. The van der Waals surface area contributed by atoms with Crippen molar-refractivity contribution in [2.45, 2.75) is 39.3 Å². The van der Waals surface area contributed by atoms with Crippen LogP contribution in [0, 0.1) is 11.6 Å². The highest BCUT2D eigenvalue weighted by Gasteiger charge is 2.15. The predicted octanol–water partition coefficient (Wildman–Crippen LogP) is 1.76. The molecule has 1 atom stereocenters. The van der Waals surface area contributed by atoms with Crippen molar-refractivity contribution in [3.63, 3.8) is 0 Å². The Labute approximate surface area is 117 Å². The minimum absolute atomic E-state index is 0.0609. The summed E-state index contributed by atoms with van der Waals surface area (Å²) < 4.78 is 32.4. The van der Waals surface area contributed by atoms with Crippen LogP contribution < -0.4 is 15.8 Å². The molecule has 3 N–H and O–H groups in total. The maximum absolute atomic E-state index is 13.7. The quantitative estimate of drug-likeness (QED) is 0.837. The van der Waals surface area contributed by atoms with Gasteiger partial charge in [0, 0.05) is 12.1 Å². The van der Waals surface area contributed by atoms with Crippen molar-refractivity contribution in [3.8, 4) is 5.75 Å². The Balaban J connectivity index is 2.74. The first-order valence-electron chi connectivity index (χ1n) is 6.45. The molecule has 0 aliphatic heterocycles. The number of carbonyl (C=O) groups excluding carboxylic acids is 1. The van der Waals surface area contributed by atoms with E-state index in [0.717, 1.165) is 0 Å². The van der Waals surface area contributed by atoms with Gasteiger partial charge >= 0.3 is 0 Å². The molecule has 1 unspecified atom stereocenters. The van der Waals surface area contributed by atoms with E-state index in [9.17, 15) is 13.6 Å². The molecule has 1 aromatic carbocycles. The summed E-state index contributed by atoms with van der Waals surface area (Å²) >= 11 is 0. The normalized spacial score (nSPS) is 12.3. The lowest BCUT2D eigenvalue weighted by atomic mass is 10.1. The number of nitrogens with one attached hydrogen (secondary N) is 1. The lowest BCUT2D eigenvalue weighted by molar-refractivity contribution is -0.123. The van der Waals surface area contributed by atoms with E-state index in [0.29, 0.717) is 12.0 Å². The predicted molar refractivity (Wildman–Crippen MR) is 72.5 cm³/mol. The topological polar surface area (TPSA) is 64.3 Å². The number of benzene rings is 1. The zero-order chi connectivity index (χ0) is 15.3. The average Bonchev–Trinajstić information content (AvgIpc) is 2.25. The van der Waals surface area contributed by atoms with Gasteiger partial charge in [-0.1, -0.05) is 0 Å². The second-order valence-corrected chi connectivity index (χ2v) is 5.08. The van der Waals surface area contributed by atoms with Gasteiger partial charge in [-0.15, -0.1) is 0 Å². The molecule has 0 saturated heterocycles. The fourth-order valence-corrected chi connectivity index (χ4v) is 1.74. The number of amides is 1. The lowest BCUT2D eigenvalue weighted by Crippen LogP contribution is -2.34. The van der Waals surface area contributed by atoms with Crippen LogP contribution in [0.3, 0.4) is 0 Å². The molecule has 1 aromatic rings. The molecule has 1 rings (SSSR count). The summed E-state index contributed by atoms with van der Waals surface area (Å²) in [7, 11) is 0. The number of rotatable bonds is 6. The van der Waals surface area contributed by atoms with Gasteiger partial charge in [-0.2, -0.15) is 0 Å². The largest absolute Gasteiger partial charge is 0.478 e. The molecule has 0 aliphatic rings. The summed E-state index contributed by atoms with van der Waals surface area (Å²) in [6, 6.07) is 2.08. The fraction of sp³-hybridized carbons (Fsp3) is 0.500. The number of ether oxygens (including phenoxy) is 1.